The van der Waals surface area contributed by atoms with Gasteiger partial charge in [0.15, 0.2) is 0 Å². The summed E-state index contributed by atoms with van der Waals surface area (Å²) in [5.74, 6) is -0.201. The molecule has 0 spiro atoms. The first-order valence-corrected chi connectivity index (χ1v) is 5.94. The normalized spacial score (nSPS) is 10.4. The number of hydrogen-bond acceptors (Lipinski definition) is 2. The quantitative estimate of drug-likeness (QED) is 0.896. The molecular formula is C15H17FN2. The predicted molar refractivity (Wildman–Crippen MR) is 72.8 cm³/mol. The fraction of sp³-hybridized carbons (Fsp3) is 0.200. The molecule has 0 saturated carbocycles. The fourth-order valence-electron chi connectivity index (χ4n) is 2.05. The van der Waals surface area contributed by atoms with Gasteiger partial charge in [-0.25, -0.2) is 4.39 Å². The molecule has 18 heavy (non-hydrogen) atoms. The molecule has 2 nitrogen and oxygen atoms in total. The molecule has 0 bridgehead atoms. The van der Waals surface area contributed by atoms with Gasteiger partial charge in [-0.2, -0.15) is 0 Å². The van der Waals surface area contributed by atoms with Crippen LogP contribution in [0.2, 0.25) is 0 Å². The Labute approximate surface area is 107 Å². The largest absolute Gasteiger partial charge is 0.370 e. The van der Waals surface area contributed by atoms with Crippen molar-refractivity contribution in [3.63, 3.8) is 0 Å². The van der Waals surface area contributed by atoms with E-state index < -0.39 is 0 Å². The lowest BCUT2D eigenvalue weighted by atomic mass is 10.1. The molecule has 0 saturated heterocycles. The maximum absolute atomic E-state index is 13.1. The molecule has 3 heteroatoms. The van der Waals surface area contributed by atoms with Gasteiger partial charge in [-0.1, -0.05) is 30.3 Å². The zero-order valence-corrected chi connectivity index (χ0v) is 10.4. The second-order valence-electron chi connectivity index (χ2n) is 4.32. The van der Waals surface area contributed by atoms with E-state index in [0.29, 0.717) is 13.1 Å². The van der Waals surface area contributed by atoms with Crippen LogP contribution in [0.1, 0.15) is 11.1 Å². The highest BCUT2D eigenvalue weighted by molar-refractivity contribution is 5.53. The van der Waals surface area contributed by atoms with Gasteiger partial charge in [-0.15, -0.1) is 0 Å². The smallest absolute Gasteiger partial charge is 0.123 e. The number of benzene rings is 2. The lowest BCUT2D eigenvalue weighted by molar-refractivity contribution is 0.625. The van der Waals surface area contributed by atoms with Crippen LogP contribution in [0.25, 0.3) is 0 Å². The van der Waals surface area contributed by atoms with Gasteiger partial charge in [-0.3, -0.25) is 0 Å². The van der Waals surface area contributed by atoms with Crippen molar-refractivity contribution >= 4 is 5.69 Å². The van der Waals surface area contributed by atoms with Gasteiger partial charge in [0.25, 0.3) is 0 Å². The molecule has 94 valence electrons. The van der Waals surface area contributed by atoms with Crippen LogP contribution in [-0.4, -0.2) is 7.05 Å². The number of anilines is 1. The summed E-state index contributed by atoms with van der Waals surface area (Å²) in [4.78, 5) is 2.08. The summed E-state index contributed by atoms with van der Waals surface area (Å²) >= 11 is 0. The van der Waals surface area contributed by atoms with E-state index in [1.54, 1.807) is 12.1 Å². The molecule has 2 rings (SSSR count). The van der Waals surface area contributed by atoms with E-state index in [1.165, 1.54) is 6.07 Å². The van der Waals surface area contributed by atoms with Crippen molar-refractivity contribution in [2.75, 3.05) is 11.9 Å². The summed E-state index contributed by atoms with van der Waals surface area (Å²) in [6, 6.07) is 14.7. The summed E-state index contributed by atoms with van der Waals surface area (Å²) in [5, 5.41) is 0. The number of nitrogens with zero attached hydrogens (tertiary/aromatic N) is 1. The van der Waals surface area contributed by atoms with Gasteiger partial charge < -0.3 is 10.6 Å². The van der Waals surface area contributed by atoms with Gasteiger partial charge in [-0.05, 0) is 29.3 Å². The Morgan fingerprint density at radius 1 is 1.11 bits per heavy atom. The van der Waals surface area contributed by atoms with Crippen LogP contribution in [0.3, 0.4) is 0 Å². The maximum Gasteiger partial charge on any atom is 0.123 e. The summed E-state index contributed by atoms with van der Waals surface area (Å²) < 4.78 is 13.1. The van der Waals surface area contributed by atoms with Gasteiger partial charge in [0.1, 0.15) is 5.82 Å². The van der Waals surface area contributed by atoms with Gasteiger partial charge in [0.2, 0.25) is 0 Å². The molecular weight excluding hydrogens is 227 g/mol. The second-order valence-corrected chi connectivity index (χ2v) is 4.32. The SMILES string of the molecule is CN(Cc1cccc(F)c1)c1ccccc1CN. The predicted octanol–water partition coefficient (Wildman–Crippen LogP) is 2.92. The average Bonchev–Trinajstić information content (AvgIpc) is 2.38. The van der Waals surface area contributed by atoms with Crippen molar-refractivity contribution in [1.82, 2.24) is 0 Å². The van der Waals surface area contributed by atoms with Crippen LogP contribution >= 0.6 is 0 Å². The van der Waals surface area contributed by atoms with E-state index in [2.05, 4.69) is 4.90 Å². The minimum Gasteiger partial charge on any atom is -0.370 e. The first-order valence-electron chi connectivity index (χ1n) is 5.94. The van der Waals surface area contributed by atoms with Crippen LogP contribution < -0.4 is 10.6 Å². The molecule has 0 aliphatic rings. The van der Waals surface area contributed by atoms with E-state index in [1.807, 2.05) is 37.4 Å². The summed E-state index contributed by atoms with van der Waals surface area (Å²) in [5.41, 5.74) is 8.85. The van der Waals surface area contributed by atoms with Crippen LogP contribution in [-0.2, 0) is 13.1 Å². The third-order valence-corrected chi connectivity index (χ3v) is 2.93. The molecule has 2 aromatic carbocycles. The van der Waals surface area contributed by atoms with E-state index in [9.17, 15) is 4.39 Å². The summed E-state index contributed by atoms with van der Waals surface area (Å²) in [6.45, 7) is 1.17. The van der Waals surface area contributed by atoms with Crippen LogP contribution in [0.4, 0.5) is 10.1 Å². The average molecular weight is 244 g/mol. The van der Waals surface area contributed by atoms with Gasteiger partial charge in [0.05, 0.1) is 0 Å². The molecule has 0 atom stereocenters. The van der Waals surface area contributed by atoms with Crippen molar-refractivity contribution in [2.24, 2.45) is 5.73 Å². The molecule has 0 fully saturated rings. The summed E-state index contributed by atoms with van der Waals surface area (Å²) in [6.07, 6.45) is 0. The molecule has 0 unspecified atom stereocenters. The lowest BCUT2D eigenvalue weighted by Crippen LogP contribution is -2.18. The molecule has 0 aromatic heterocycles. The highest BCUT2D eigenvalue weighted by atomic mass is 19.1. The number of nitrogens with two attached hydrogens (primary N) is 1. The van der Waals surface area contributed by atoms with Crippen molar-refractivity contribution in [3.8, 4) is 0 Å². The number of halogens is 1. The van der Waals surface area contributed by atoms with Crippen LogP contribution in [0, 0.1) is 5.82 Å². The Hall–Kier alpha value is -1.87. The Bertz CT molecular complexity index is 525. The Balaban J connectivity index is 2.19. The van der Waals surface area contributed by atoms with Crippen molar-refractivity contribution < 1.29 is 4.39 Å². The molecule has 2 aromatic rings. The second kappa shape index (κ2) is 5.65. The molecule has 2 N–H and O–H groups in total. The first kappa shape index (κ1) is 12.6. The molecule has 0 heterocycles. The first-order chi connectivity index (χ1) is 8.70. The summed E-state index contributed by atoms with van der Waals surface area (Å²) in [7, 11) is 1.99. The van der Waals surface area contributed by atoms with E-state index >= 15 is 0 Å². The standard InChI is InChI=1S/C15H17FN2/c1-18(11-12-5-4-7-14(16)9-12)15-8-3-2-6-13(15)10-17/h2-9H,10-11,17H2,1H3. The van der Waals surface area contributed by atoms with Gasteiger partial charge in [0, 0.05) is 25.8 Å². The Morgan fingerprint density at radius 3 is 2.61 bits per heavy atom. The number of hydrogen-bond donors (Lipinski definition) is 1. The maximum atomic E-state index is 13.1. The van der Waals surface area contributed by atoms with Crippen molar-refractivity contribution in [1.29, 1.82) is 0 Å². The third-order valence-electron chi connectivity index (χ3n) is 2.93. The van der Waals surface area contributed by atoms with E-state index in [4.69, 9.17) is 5.73 Å². The van der Waals surface area contributed by atoms with E-state index in [-0.39, 0.29) is 5.82 Å². The molecule has 0 radical (unpaired) electrons. The van der Waals surface area contributed by atoms with Crippen molar-refractivity contribution in [3.05, 3.63) is 65.5 Å². The topological polar surface area (TPSA) is 29.3 Å². The zero-order chi connectivity index (χ0) is 13.0. The highest BCUT2D eigenvalue weighted by Crippen LogP contribution is 2.20. The third kappa shape index (κ3) is 2.87. The minimum atomic E-state index is -0.201. The zero-order valence-electron chi connectivity index (χ0n) is 10.4. The number of rotatable bonds is 4. The fourth-order valence-corrected chi connectivity index (χ4v) is 2.05. The highest BCUT2D eigenvalue weighted by Gasteiger charge is 2.06. The lowest BCUT2D eigenvalue weighted by Gasteiger charge is -2.22. The van der Waals surface area contributed by atoms with Gasteiger partial charge >= 0.3 is 0 Å². The van der Waals surface area contributed by atoms with E-state index in [0.717, 1.165) is 16.8 Å². The monoisotopic (exact) mass is 244 g/mol. The number of para-hydroxylation sites is 1. The molecule has 0 aliphatic carbocycles. The minimum absolute atomic E-state index is 0.201. The Morgan fingerprint density at radius 2 is 1.89 bits per heavy atom. The molecule has 0 aliphatic heterocycles. The Kier molecular flexibility index (Phi) is 3.95. The van der Waals surface area contributed by atoms with Crippen LogP contribution in [0.5, 0.6) is 0 Å². The van der Waals surface area contributed by atoms with Crippen LogP contribution in [0.15, 0.2) is 48.5 Å². The van der Waals surface area contributed by atoms with Crippen molar-refractivity contribution in [2.45, 2.75) is 13.1 Å². The molecule has 0 amide bonds.